The van der Waals surface area contributed by atoms with Gasteiger partial charge < -0.3 is 4.74 Å². The van der Waals surface area contributed by atoms with Crippen molar-refractivity contribution in [2.45, 2.75) is 6.10 Å². The molecule has 1 aliphatic rings. The van der Waals surface area contributed by atoms with E-state index in [1.807, 2.05) is 42.5 Å². The zero-order chi connectivity index (χ0) is 14.4. The van der Waals surface area contributed by atoms with Gasteiger partial charge in [-0.25, -0.2) is 0 Å². The third-order valence-electron chi connectivity index (χ3n) is 3.42. The van der Waals surface area contributed by atoms with Gasteiger partial charge in [-0.2, -0.15) is 15.4 Å². The van der Waals surface area contributed by atoms with Gasteiger partial charge in [0.15, 0.2) is 6.10 Å². The highest BCUT2D eigenvalue weighted by molar-refractivity contribution is 9.11. The van der Waals surface area contributed by atoms with Crippen LogP contribution in [0.3, 0.4) is 0 Å². The molecule has 1 aliphatic heterocycles. The van der Waals surface area contributed by atoms with Crippen LogP contribution in [0.2, 0.25) is 0 Å². The van der Waals surface area contributed by atoms with E-state index < -0.39 is 0 Å². The van der Waals surface area contributed by atoms with Crippen LogP contribution in [0.5, 0.6) is 5.75 Å². The number of nitrogens with zero attached hydrogens (tertiary/aromatic N) is 2. The fraction of sp³-hybridized carbons (Fsp3) is 0.0667. The van der Waals surface area contributed by atoms with Gasteiger partial charge in [0.1, 0.15) is 17.1 Å². The second-order valence-corrected chi connectivity index (χ2v) is 6.50. The van der Waals surface area contributed by atoms with Gasteiger partial charge in [-0.1, -0.05) is 46.3 Å². The molecule has 0 saturated carbocycles. The highest BCUT2D eigenvalue weighted by Gasteiger charge is 2.32. The van der Waals surface area contributed by atoms with Crippen LogP contribution in [0.25, 0.3) is 11.3 Å². The number of fused-ring (bicyclic) bond motifs is 3. The van der Waals surface area contributed by atoms with Crippen LogP contribution < -0.4 is 4.74 Å². The van der Waals surface area contributed by atoms with Gasteiger partial charge in [0.05, 0.1) is 4.47 Å². The van der Waals surface area contributed by atoms with E-state index in [2.05, 4.69) is 47.3 Å². The normalized spacial score (nSPS) is 16.0. The quantitative estimate of drug-likeness (QED) is 0.648. The number of ether oxygens (including phenoxy) is 1. The average molecular weight is 407 g/mol. The molecule has 2 aromatic carbocycles. The number of aromatic amines is 1. The van der Waals surface area contributed by atoms with Crippen molar-refractivity contribution < 1.29 is 4.74 Å². The Bertz CT molecular complexity index is 817. The van der Waals surface area contributed by atoms with Crippen LogP contribution in [0.4, 0.5) is 0 Å². The first-order valence-corrected chi connectivity index (χ1v) is 7.94. The topological polar surface area (TPSA) is 50.8 Å². The molecule has 0 bridgehead atoms. The standard InChI is InChI=1S/C15H9Br2N3O/c16-9-6-10-12-13(19-20-18-12)14(8-4-2-1-3-5-8)21-15(10)11(17)7-9/h1-7,14H,(H,18,19,20). The average Bonchev–Trinajstić information content (AvgIpc) is 2.97. The van der Waals surface area contributed by atoms with Crippen molar-refractivity contribution in [3.05, 3.63) is 62.7 Å². The maximum absolute atomic E-state index is 6.20. The monoisotopic (exact) mass is 405 g/mol. The number of hydrogen-bond donors (Lipinski definition) is 1. The molecule has 0 amide bonds. The highest BCUT2D eigenvalue weighted by atomic mass is 79.9. The number of aromatic nitrogens is 3. The number of H-pyrrole nitrogens is 1. The predicted molar refractivity (Wildman–Crippen MR) is 86.1 cm³/mol. The van der Waals surface area contributed by atoms with Gasteiger partial charge >= 0.3 is 0 Å². The minimum absolute atomic E-state index is 0.259. The SMILES string of the molecule is Brc1cc(Br)c2c(c1)-c1n[nH]nc1C(c1ccccc1)O2. The first-order chi connectivity index (χ1) is 10.2. The van der Waals surface area contributed by atoms with Gasteiger partial charge in [0.25, 0.3) is 0 Å². The number of benzene rings is 2. The Kier molecular flexibility index (Phi) is 3.08. The summed E-state index contributed by atoms with van der Waals surface area (Å²) in [7, 11) is 0. The molecule has 2 heterocycles. The van der Waals surface area contributed by atoms with Crippen molar-refractivity contribution in [1.82, 2.24) is 15.4 Å². The second kappa shape index (κ2) is 4.96. The molecule has 0 spiro atoms. The smallest absolute Gasteiger partial charge is 0.170 e. The summed E-state index contributed by atoms with van der Waals surface area (Å²) in [5.74, 6) is 0.786. The molecule has 3 aromatic rings. The zero-order valence-electron chi connectivity index (χ0n) is 10.7. The van der Waals surface area contributed by atoms with Crippen molar-refractivity contribution in [2.75, 3.05) is 0 Å². The summed E-state index contributed by atoms with van der Waals surface area (Å²) in [6.45, 7) is 0. The van der Waals surface area contributed by atoms with E-state index in [1.165, 1.54) is 0 Å². The number of halogens is 2. The summed E-state index contributed by atoms with van der Waals surface area (Å²) in [6.07, 6.45) is -0.259. The fourth-order valence-electron chi connectivity index (χ4n) is 2.50. The maximum Gasteiger partial charge on any atom is 0.170 e. The van der Waals surface area contributed by atoms with Crippen molar-refractivity contribution in [3.8, 4) is 17.0 Å². The molecule has 0 saturated heterocycles. The lowest BCUT2D eigenvalue weighted by Gasteiger charge is -2.25. The summed E-state index contributed by atoms with van der Waals surface area (Å²) in [5, 5.41) is 11.3. The molecule has 6 heteroatoms. The van der Waals surface area contributed by atoms with E-state index >= 15 is 0 Å². The predicted octanol–water partition coefficient (Wildman–Crippen LogP) is 4.48. The number of rotatable bonds is 1. The van der Waals surface area contributed by atoms with E-state index in [-0.39, 0.29) is 6.10 Å². The molecule has 0 radical (unpaired) electrons. The molecule has 1 atom stereocenters. The summed E-state index contributed by atoms with van der Waals surface area (Å²) >= 11 is 7.06. The molecular formula is C15H9Br2N3O. The second-order valence-electron chi connectivity index (χ2n) is 4.73. The Morgan fingerprint density at radius 2 is 1.86 bits per heavy atom. The molecule has 1 unspecified atom stereocenters. The third kappa shape index (κ3) is 2.10. The molecule has 4 rings (SSSR count). The van der Waals surface area contributed by atoms with E-state index in [0.717, 1.165) is 37.2 Å². The third-order valence-corrected chi connectivity index (χ3v) is 4.47. The van der Waals surface area contributed by atoms with E-state index in [9.17, 15) is 0 Å². The van der Waals surface area contributed by atoms with Gasteiger partial charge in [-0.3, -0.25) is 0 Å². The van der Waals surface area contributed by atoms with Gasteiger partial charge in [0, 0.05) is 10.0 Å². The van der Waals surface area contributed by atoms with E-state index in [1.54, 1.807) is 0 Å². The number of hydrogen-bond acceptors (Lipinski definition) is 3. The Hall–Kier alpha value is -1.66. The summed E-state index contributed by atoms with van der Waals surface area (Å²) in [6, 6.07) is 14.0. The summed E-state index contributed by atoms with van der Waals surface area (Å²) < 4.78 is 8.05. The lowest BCUT2D eigenvalue weighted by Crippen LogP contribution is -2.16. The Balaban J connectivity index is 1.93. The van der Waals surface area contributed by atoms with Crippen molar-refractivity contribution in [2.24, 2.45) is 0 Å². The summed E-state index contributed by atoms with van der Waals surface area (Å²) in [5.41, 5.74) is 3.60. The van der Waals surface area contributed by atoms with Crippen LogP contribution in [0, 0.1) is 0 Å². The molecule has 21 heavy (non-hydrogen) atoms. The van der Waals surface area contributed by atoms with Crippen molar-refractivity contribution in [1.29, 1.82) is 0 Å². The van der Waals surface area contributed by atoms with Crippen molar-refractivity contribution in [3.63, 3.8) is 0 Å². The molecule has 1 N–H and O–H groups in total. The Morgan fingerprint density at radius 3 is 2.67 bits per heavy atom. The molecule has 104 valence electrons. The first-order valence-electron chi connectivity index (χ1n) is 6.35. The minimum Gasteiger partial charge on any atom is -0.477 e. The van der Waals surface area contributed by atoms with Crippen molar-refractivity contribution >= 4 is 31.9 Å². The van der Waals surface area contributed by atoms with Gasteiger partial charge in [-0.15, -0.1) is 0 Å². The minimum atomic E-state index is -0.259. The van der Waals surface area contributed by atoms with Crippen LogP contribution >= 0.6 is 31.9 Å². The molecule has 4 nitrogen and oxygen atoms in total. The number of nitrogens with one attached hydrogen (secondary N) is 1. The lowest BCUT2D eigenvalue weighted by atomic mass is 9.98. The molecule has 0 fully saturated rings. The van der Waals surface area contributed by atoms with Gasteiger partial charge in [-0.05, 0) is 33.6 Å². The Morgan fingerprint density at radius 1 is 1.05 bits per heavy atom. The van der Waals surface area contributed by atoms with Crippen LogP contribution in [0.1, 0.15) is 17.4 Å². The van der Waals surface area contributed by atoms with Crippen LogP contribution in [-0.2, 0) is 0 Å². The Labute approximate surface area is 137 Å². The first kappa shape index (κ1) is 13.0. The largest absolute Gasteiger partial charge is 0.477 e. The highest BCUT2D eigenvalue weighted by Crippen LogP contribution is 2.47. The van der Waals surface area contributed by atoms with Crippen LogP contribution in [-0.4, -0.2) is 15.4 Å². The fourth-order valence-corrected chi connectivity index (χ4v) is 3.82. The van der Waals surface area contributed by atoms with E-state index in [4.69, 9.17) is 4.74 Å². The van der Waals surface area contributed by atoms with E-state index in [0.29, 0.717) is 0 Å². The summed E-state index contributed by atoms with van der Waals surface area (Å²) in [4.78, 5) is 0. The molecular weight excluding hydrogens is 398 g/mol. The maximum atomic E-state index is 6.20. The van der Waals surface area contributed by atoms with Gasteiger partial charge in [0.2, 0.25) is 0 Å². The molecule has 1 aromatic heterocycles. The lowest BCUT2D eigenvalue weighted by molar-refractivity contribution is 0.237. The van der Waals surface area contributed by atoms with Crippen LogP contribution in [0.15, 0.2) is 51.4 Å². The molecule has 0 aliphatic carbocycles. The zero-order valence-corrected chi connectivity index (χ0v) is 13.8.